The van der Waals surface area contributed by atoms with Gasteiger partial charge in [0, 0.05) is 29.7 Å². The van der Waals surface area contributed by atoms with Crippen molar-refractivity contribution in [3.63, 3.8) is 0 Å². The number of aromatic nitrogens is 2. The minimum Gasteiger partial charge on any atom is -0.264 e. The molecule has 2 aromatic rings. The smallest absolute Gasteiger partial charge is 0.0413 e. The molecular formula is C15H18N2. The molecular weight excluding hydrogens is 208 g/mol. The van der Waals surface area contributed by atoms with E-state index in [0.29, 0.717) is 0 Å². The molecule has 2 heterocycles. The van der Waals surface area contributed by atoms with E-state index in [2.05, 4.69) is 42.9 Å². The number of rotatable bonds is 3. The van der Waals surface area contributed by atoms with Crippen molar-refractivity contribution in [2.24, 2.45) is 0 Å². The average Bonchev–Trinajstić information content (AvgIpc) is 2.39. The van der Waals surface area contributed by atoms with Crippen LogP contribution < -0.4 is 0 Å². The van der Waals surface area contributed by atoms with Gasteiger partial charge >= 0.3 is 0 Å². The second-order valence-electron chi connectivity index (χ2n) is 4.56. The summed E-state index contributed by atoms with van der Waals surface area (Å²) in [5.74, 6) is 0. The van der Waals surface area contributed by atoms with Gasteiger partial charge in [0.2, 0.25) is 0 Å². The van der Waals surface area contributed by atoms with Crippen molar-refractivity contribution in [1.29, 1.82) is 0 Å². The van der Waals surface area contributed by atoms with Gasteiger partial charge < -0.3 is 0 Å². The summed E-state index contributed by atoms with van der Waals surface area (Å²) in [5.41, 5.74) is 3.63. The van der Waals surface area contributed by atoms with Crippen molar-refractivity contribution in [3.8, 4) is 0 Å². The van der Waals surface area contributed by atoms with Gasteiger partial charge in [-0.15, -0.1) is 0 Å². The molecule has 0 saturated carbocycles. The Hall–Kier alpha value is -1.70. The van der Waals surface area contributed by atoms with E-state index in [4.69, 9.17) is 0 Å². The molecule has 2 nitrogen and oxygen atoms in total. The third-order valence-corrected chi connectivity index (χ3v) is 3.61. The van der Waals surface area contributed by atoms with Crippen LogP contribution in [0.3, 0.4) is 0 Å². The maximum atomic E-state index is 4.40. The first kappa shape index (κ1) is 11.8. The SMILES string of the molecule is CCC(C)(c1cccnc1)c1cccnc1C. The summed E-state index contributed by atoms with van der Waals surface area (Å²) in [5, 5.41) is 0. The Bertz CT molecular complexity index is 493. The molecule has 88 valence electrons. The number of pyridine rings is 2. The van der Waals surface area contributed by atoms with Crippen molar-refractivity contribution >= 4 is 0 Å². The van der Waals surface area contributed by atoms with Gasteiger partial charge in [-0.2, -0.15) is 0 Å². The Labute approximate surface area is 103 Å². The summed E-state index contributed by atoms with van der Waals surface area (Å²) in [7, 11) is 0. The van der Waals surface area contributed by atoms with Crippen LogP contribution in [0.2, 0.25) is 0 Å². The monoisotopic (exact) mass is 226 g/mol. The van der Waals surface area contributed by atoms with Crippen molar-refractivity contribution in [2.75, 3.05) is 0 Å². The Kier molecular flexibility index (Phi) is 3.23. The molecule has 1 atom stereocenters. The lowest BCUT2D eigenvalue weighted by atomic mass is 9.74. The van der Waals surface area contributed by atoms with E-state index >= 15 is 0 Å². The first-order chi connectivity index (χ1) is 8.18. The largest absolute Gasteiger partial charge is 0.264 e. The lowest BCUT2D eigenvalue weighted by molar-refractivity contribution is 0.541. The summed E-state index contributed by atoms with van der Waals surface area (Å²) in [6.45, 7) is 6.53. The highest BCUT2D eigenvalue weighted by atomic mass is 14.7. The zero-order valence-corrected chi connectivity index (χ0v) is 10.6. The highest BCUT2D eigenvalue weighted by molar-refractivity contribution is 5.38. The van der Waals surface area contributed by atoms with E-state index in [0.717, 1.165) is 12.1 Å². The van der Waals surface area contributed by atoms with E-state index in [1.807, 2.05) is 30.7 Å². The van der Waals surface area contributed by atoms with Crippen LogP contribution in [-0.4, -0.2) is 9.97 Å². The Morgan fingerprint density at radius 2 is 1.94 bits per heavy atom. The van der Waals surface area contributed by atoms with Crippen LogP contribution in [0.1, 0.15) is 37.1 Å². The molecule has 2 heteroatoms. The molecule has 2 rings (SSSR count). The van der Waals surface area contributed by atoms with Gasteiger partial charge in [-0.1, -0.05) is 26.0 Å². The Morgan fingerprint density at radius 1 is 1.18 bits per heavy atom. The van der Waals surface area contributed by atoms with Gasteiger partial charge in [0.15, 0.2) is 0 Å². The van der Waals surface area contributed by atoms with Crippen LogP contribution in [0, 0.1) is 6.92 Å². The summed E-state index contributed by atoms with van der Waals surface area (Å²) in [6, 6.07) is 8.31. The molecule has 0 amide bonds. The predicted octanol–water partition coefficient (Wildman–Crippen LogP) is 3.50. The van der Waals surface area contributed by atoms with Crippen molar-refractivity contribution in [1.82, 2.24) is 9.97 Å². The lowest BCUT2D eigenvalue weighted by Gasteiger charge is -2.30. The van der Waals surface area contributed by atoms with E-state index in [1.165, 1.54) is 11.1 Å². The van der Waals surface area contributed by atoms with Crippen molar-refractivity contribution in [2.45, 2.75) is 32.6 Å². The van der Waals surface area contributed by atoms with Crippen molar-refractivity contribution in [3.05, 3.63) is 59.7 Å². The molecule has 2 aromatic heterocycles. The van der Waals surface area contributed by atoms with Gasteiger partial charge in [-0.3, -0.25) is 9.97 Å². The topological polar surface area (TPSA) is 25.8 Å². The quantitative estimate of drug-likeness (QED) is 0.800. The van der Waals surface area contributed by atoms with Crippen LogP contribution in [0.15, 0.2) is 42.9 Å². The van der Waals surface area contributed by atoms with Gasteiger partial charge in [0.1, 0.15) is 0 Å². The van der Waals surface area contributed by atoms with Gasteiger partial charge in [-0.25, -0.2) is 0 Å². The first-order valence-electron chi connectivity index (χ1n) is 6.01. The molecule has 0 saturated heterocycles. The molecule has 0 N–H and O–H groups in total. The van der Waals surface area contributed by atoms with Gasteiger partial charge in [0.05, 0.1) is 0 Å². The molecule has 0 fully saturated rings. The maximum Gasteiger partial charge on any atom is 0.0413 e. The summed E-state index contributed by atoms with van der Waals surface area (Å²) < 4.78 is 0. The predicted molar refractivity (Wildman–Crippen MR) is 70.0 cm³/mol. The first-order valence-corrected chi connectivity index (χ1v) is 6.01. The molecule has 1 unspecified atom stereocenters. The molecule has 0 aromatic carbocycles. The van der Waals surface area contributed by atoms with Gasteiger partial charge in [-0.05, 0) is 36.6 Å². The van der Waals surface area contributed by atoms with E-state index in [-0.39, 0.29) is 5.41 Å². The minimum absolute atomic E-state index is 0.00734. The number of nitrogens with zero attached hydrogens (tertiary/aromatic N) is 2. The Balaban J connectivity index is 2.56. The number of hydrogen-bond acceptors (Lipinski definition) is 2. The second kappa shape index (κ2) is 4.66. The zero-order valence-electron chi connectivity index (χ0n) is 10.6. The summed E-state index contributed by atoms with van der Waals surface area (Å²) in [6.07, 6.45) is 6.65. The molecule has 0 aliphatic heterocycles. The van der Waals surface area contributed by atoms with Crippen LogP contribution in [0.25, 0.3) is 0 Å². The zero-order chi connectivity index (χ0) is 12.3. The second-order valence-corrected chi connectivity index (χ2v) is 4.56. The normalized spacial score (nSPS) is 14.3. The van der Waals surface area contributed by atoms with Crippen LogP contribution in [0.4, 0.5) is 0 Å². The minimum atomic E-state index is -0.00734. The fourth-order valence-electron chi connectivity index (χ4n) is 2.31. The highest BCUT2D eigenvalue weighted by Gasteiger charge is 2.28. The molecule has 17 heavy (non-hydrogen) atoms. The lowest BCUT2D eigenvalue weighted by Crippen LogP contribution is -2.24. The highest BCUT2D eigenvalue weighted by Crippen LogP contribution is 2.35. The fourth-order valence-corrected chi connectivity index (χ4v) is 2.31. The van der Waals surface area contributed by atoms with Crippen LogP contribution in [0.5, 0.6) is 0 Å². The standard InChI is InChI=1S/C15H18N2/c1-4-15(3,13-7-5-9-16-11-13)14-8-6-10-17-12(14)2/h5-11H,4H2,1-3H3. The van der Waals surface area contributed by atoms with Gasteiger partial charge in [0.25, 0.3) is 0 Å². The van der Waals surface area contributed by atoms with E-state index in [9.17, 15) is 0 Å². The maximum absolute atomic E-state index is 4.40. The fraction of sp³-hybridized carbons (Fsp3) is 0.333. The molecule has 0 aliphatic rings. The van der Waals surface area contributed by atoms with Crippen LogP contribution in [-0.2, 0) is 5.41 Å². The summed E-state index contributed by atoms with van der Waals surface area (Å²) in [4.78, 5) is 8.63. The summed E-state index contributed by atoms with van der Waals surface area (Å²) >= 11 is 0. The molecule has 0 spiro atoms. The Morgan fingerprint density at radius 3 is 2.53 bits per heavy atom. The molecule has 0 bridgehead atoms. The number of hydrogen-bond donors (Lipinski definition) is 0. The molecule has 0 aliphatic carbocycles. The van der Waals surface area contributed by atoms with E-state index in [1.54, 1.807) is 0 Å². The van der Waals surface area contributed by atoms with Crippen LogP contribution >= 0.6 is 0 Å². The van der Waals surface area contributed by atoms with E-state index < -0.39 is 0 Å². The average molecular weight is 226 g/mol. The molecule has 0 radical (unpaired) electrons. The third-order valence-electron chi connectivity index (χ3n) is 3.61. The number of aryl methyl sites for hydroxylation is 1. The van der Waals surface area contributed by atoms with Crippen molar-refractivity contribution < 1.29 is 0 Å². The third kappa shape index (κ3) is 2.07.